The molecule has 1 saturated heterocycles. The quantitative estimate of drug-likeness (QED) is 0.363. The van der Waals surface area contributed by atoms with Gasteiger partial charge in [0.1, 0.15) is 17.3 Å². The first-order valence-corrected chi connectivity index (χ1v) is 10.1. The van der Waals surface area contributed by atoms with Crippen LogP contribution in [0, 0.1) is 12.7 Å². The number of ketones is 1. The van der Waals surface area contributed by atoms with Crippen LogP contribution < -0.4 is 9.64 Å². The topological polar surface area (TPSA) is 79.7 Å². The van der Waals surface area contributed by atoms with E-state index in [1.165, 1.54) is 23.1 Å². The molecule has 6 nitrogen and oxygen atoms in total. The standard InChI is InChI=1S/C25H21FN2O4/c1-3-32-19-9-7-18(8-10-19)28-22(17-5-4-12-27-14-17)21(24(30)25(28)31)23(29)16-6-11-20(26)15(2)13-16/h4-14,22,29H,3H2,1-2H3/b23-21-. The fraction of sp³-hybridized carbons (Fsp3) is 0.160. The summed E-state index contributed by atoms with van der Waals surface area (Å²) in [7, 11) is 0. The molecule has 2 aromatic carbocycles. The van der Waals surface area contributed by atoms with Gasteiger partial charge in [-0.15, -0.1) is 0 Å². The van der Waals surface area contributed by atoms with Crippen molar-refractivity contribution in [2.45, 2.75) is 19.9 Å². The number of pyridine rings is 1. The van der Waals surface area contributed by atoms with E-state index in [1.54, 1.807) is 55.7 Å². The molecule has 1 aromatic heterocycles. The minimum atomic E-state index is -0.896. The number of carbonyl (C=O) groups excluding carboxylic acids is 2. The molecular weight excluding hydrogens is 411 g/mol. The Kier molecular flexibility index (Phi) is 5.73. The maximum Gasteiger partial charge on any atom is 0.300 e. The first kappa shape index (κ1) is 21.2. The Labute approximate surface area is 184 Å². The third-order valence-electron chi connectivity index (χ3n) is 5.30. The Balaban J connectivity index is 1.88. The molecule has 4 rings (SSSR count). The molecule has 1 unspecified atom stereocenters. The SMILES string of the molecule is CCOc1ccc(N2C(=O)C(=O)/C(=C(\O)c3ccc(F)c(C)c3)C2c2cccnc2)cc1. The number of amides is 1. The van der Waals surface area contributed by atoms with Gasteiger partial charge in [0.2, 0.25) is 0 Å². The number of nitrogens with zero attached hydrogens (tertiary/aromatic N) is 2. The first-order chi connectivity index (χ1) is 15.4. The summed E-state index contributed by atoms with van der Waals surface area (Å²) in [6, 6.07) is 13.3. The Morgan fingerprint density at radius 2 is 1.91 bits per heavy atom. The number of anilines is 1. The molecular formula is C25H21FN2O4. The van der Waals surface area contributed by atoms with E-state index in [0.717, 1.165) is 0 Å². The van der Waals surface area contributed by atoms with Crippen molar-refractivity contribution in [3.8, 4) is 5.75 Å². The fourth-order valence-corrected chi connectivity index (χ4v) is 3.77. The van der Waals surface area contributed by atoms with Gasteiger partial charge < -0.3 is 9.84 Å². The van der Waals surface area contributed by atoms with E-state index in [2.05, 4.69) is 4.98 Å². The second-order valence-corrected chi connectivity index (χ2v) is 7.35. The number of aromatic nitrogens is 1. The van der Waals surface area contributed by atoms with Crippen molar-refractivity contribution in [1.82, 2.24) is 4.98 Å². The molecule has 1 N–H and O–H groups in total. The lowest BCUT2D eigenvalue weighted by Crippen LogP contribution is -2.29. The number of halogens is 1. The van der Waals surface area contributed by atoms with Crippen LogP contribution in [0.2, 0.25) is 0 Å². The first-order valence-electron chi connectivity index (χ1n) is 10.1. The van der Waals surface area contributed by atoms with Gasteiger partial charge in [0.15, 0.2) is 0 Å². The van der Waals surface area contributed by atoms with Crippen molar-refractivity contribution < 1.29 is 23.8 Å². The van der Waals surface area contributed by atoms with E-state index in [-0.39, 0.29) is 16.9 Å². The van der Waals surface area contributed by atoms with Gasteiger partial charge in [-0.3, -0.25) is 19.5 Å². The summed E-state index contributed by atoms with van der Waals surface area (Å²) >= 11 is 0. The van der Waals surface area contributed by atoms with E-state index in [0.29, 0.717) is 29.2 Å². The van der Waals surface area contributed by atoms with Gasteiger partial charge in [-0.2, -0.15) is 0 Å². The van der Waals surface area contributed by atoms with Gasteiger partial charge in [0, 0.05) is 23.6 Å². The van der Waals surface area contributed by atoms with Gasteiger partial charge in [0.25, 0.3) is 11.7 Å². The molecule has 3 aromatic rings. The number of hydrogen-bond donors (Lipinski definition) is 1. The molecule has 7 heteroatoms. The third kappa shape index (κ3) is 3.73. The van der Waals surface area contributed by atoms with Crippen LogP contribution >= 0.6 is 0 Å². The smallest absolute Gasteiger partial charge is 0.300 e. The molecule has 1 amide bonds. The summed E-state index contributed by atoms with van der Waals surface area (Å²) in [4.78, 5) is 31.6. The number of aryl methyl sites for hydroxylation is 1. The zero-order valence-electron chi connectivity index (χ0n) is 17.6. The Bertz CT molecular complexity index is 1210. The van der Waals surface area contributed by atoms with Crippen molar-refractivity contribution in [3.05, 3.63) is 95.1 Å². The van der Waals surface area contributed by atoms with Crippen LogP contribution in [0.4, 0.5) is 10.1 Å². The zero-order chi connectivity index (χ0) is 22.8. The van der Waals surface area contributed by atoms with Crippen LogP contribution in [-0.4, -0.2) is 28.4 Å². The van der Waals surface area contributed by atoms with E-state index in [4.69, 9.17) is 4.74 Å². The maximum atomic E-state index is 13.7. The van der Waals surface area contributed by atoms with E-state index in [9.17, 15) is 19.1 Å². The summed E-state index contributed by atoms with van der Waals surface area (Å²) in [6.07, 6.45) is 3.12. The van der Waals surface area contributed by atoms with E-state index in [1.807, 2.05) is 6.92 Å². The lowest BCUT2D eigenvalue weighted by molar-refractivity contribution is -0.132. The predicted octanol–water partition coefficient (Wildman–Crippen LogP) is 4.55. The minimum Gasteiger partial charge on any atom is -0.507 e. The average Bonchev–Trinajstić information content (AvgIpc) is 3.07. The molecule has 0 spiro atoms. The number of Topliss-reactive ketones (excluding diaryl/α,β-unsaturated/α-hetero) is 1. The summed E-state index contributed by atoms with van der Waals surface area (Å²) in [5.74, 6) is -1.77. The molecule has 1 atom stereocenters. The normalized spacial score (nSPS) is 17.6. The second-order valence-electron chi connectivity index (χ2n) is 7.35. The molecule has 2 heterocycles. The number of carbonyl (C=O) groups is 2. The second kappa shape index (κ2) is 8.63. The summed E-state index contributed by atoms with van der Waals surface area (Å²) < 4.78 is 19.2. The van der Waals surface area contributed by atoms with Gasteiger partial charge in [0.05, 0.1) is 18.2 Å². The largest absolute Gasteiger partial charge is 0.507 e. The average molecular weight is 432 g/mol. The van der Waals surface area contributed by atoms with Crippen molar-refractivity contribution >= 4 is 23.1 Å². The highest BCUT2D eigenvalue weighted by atomic mass is 19.1. The minimum absolute atomic E-state index is 0.0807. The van der Waals surface area contributed by atoms with Gasteiger partial charge in [-0.1, -0.05) is 6.07 Å². The number of rotatable bonds is 5. The lowest BCUT2D eigenvalue weighted by atomic mass is 9.95. The summed E-state index contributed by atoms with van der Waals surface area (Å²) in [5, 5.41) is 11.1. The van der Waals surface area contributed by atoms with E-state index >= 15 is 0 Å². The van der Waals surface area contributed by atoms with Crippen LogP contribution in [0.3, 0.4) is 0 Å². The molecule has 1 aliphatic rings. The number of hydrogen-bond acceptors (Lipinski definition) is 5. The lowest BCUT2D eigenvalue weighted by Gasteiger charge is -2.25. The molecule has 0 radical (unpaired) electrons. The number of aliphatic hydroxyl groups excluding tert-OH is 1. The maximum absolute atomic E-state index is 13.7. The Morgan fingerprint density at radius 1 is 1.16 bits per heavy atom. The highest BCUT2D eigenvalue weighted by molar-refractivity contribution is 6.51. The fourth-order valence-electron chi connectivity index (χ4n) is 3.77. The van der Waals surface area contributed by atoms with E-state index < -0.39 is 23.5 Å². The molecule has 0 saturated carbocycles. The number of aliphatic hydroxyl groups is 1. The molecule has 0 bridgehead atoms. The highest BCUT2D eigenvalue weighted by Crippen LogP contribution is 2.42. The number of ether oxygens (including phenoxy) is 1. The predicted molar refractivity (Wildman–Crippen MR) is 118 cm³/mol. The van der Waals surface area contributed by atoms with Gasteiger partial charge in [-0.25, -0.2) is 4.39 Å². The Hall–Kier alpha value is -4.00. The van der Waals surface area contributed by atoms with Crippen molar-refractivity contribution in [2.75, 3.05) is 11.5 Å². The van der Waals surface area contributed by atoms with Gasteiger partial charge in [-0.05, 0) is 73.5 Å². The highest BCUT2D eigenvalue weighted by Gasteiger charge is 2.47. The molecule has 0 aliphatic carbocycles. The van der Waals surface area contributed by atoms with Gasteiger partial charge >= 0.3 is 0 Å². The zero-order valence-corrected chi connectivity index (χ0v) is 17.6. The number of benzene rings is 2. The molecule has 1 aliphatic heterocycles. The summed E-state index contributed by atoms with van der Waals surface area (Å²) in [6.45, 7) is 3.92. The van der Waals surface area contributed by atoms with Crippen LogP contribution in [0.5, 0.6) is 5.75 Å². The third-order valence-corrected chi connectivity index (χ3v) is 5.30. The molecule has 162 valence electrons. The van der Waals surface area contributed by atoms with Crippen molar-refractivity contribution in [2.24, 2.45) is 0 Å². The summed E-state index contributed by atoms with van der Waals surface area (Å²) in [5.41, 5.74) is 1.51. The van der Waals surface area contributed by atoms with Crippen LogP contribution in [0.1, 0.15) is 29.7 Å². The van der Waals surface area contributed by atoms with Crippen LogP contribution in [0.15, 0.2) is 72.6 Å². The molecule has 32 heavy (non-hydrogen) atoms. The van der Waals surface area contributed by atoms with Crippen LogP contribution in [0.25, 0.3) is 5.76 Å². The van der Waals surface area contributed by atoms with Crippen molar-refractivity contribution in [3.63, 3.8) is 0 Å². The van der Waals surface area contributed by atoms with Crippen LogP contribution in [-0.2, 0) is 9.59 Å². The Morgan fingerprint density at radius 3 is 2.53 bits per heavy atom. The van der Waals surface area contributed by atoms with Crippen molar-refractivity contribution in [1.29, 1.82) is 0 Å². The molecule has 1 fully saturated rings. The monoisotopic (exact) mass is 432 g/mol.